The van der Waals surface area contributed by atoms with E-state index in [2.05, 4.69) is 5.32 Å². The number of hydrogen-bond donors (Lipinski definition) is 2. The number of hydrogen-bond acceptors (Lipinski definition) is 4. The average molecular weight is 392 g/mol. The minimum atomic E-state index is -1.13. The largest absolute Gasteiger partial charge is 0.485 e. The Bertz CT molecular complexity index is 928. The first kappa shape index (κ1) is 19.3. The molecule has 0 radical (unpaired) electrons. The van der Waals surface area contributed by atoms with Crippen LogP contribution in [0.15, 0.2) is 36.4 Å². The summed E-state index contributed by atoms with van der Waals surface area (Å²) in [5, 5.41) is 13.2. The van der Waals surface area contributed by atoms with Crippen LogP contribution in [-0.4, -0.2) is 28.5 Å². The van der Waals surface area contributed by atoms with Crippen LogP contribution in [0.4, 0.5) is 4.39 Å². The second-order valence-corrected chi connectivity index (χ2v) is 7.42. The quantitative estimate of drug-likeness (QED) is 0.782. The van der Waals surface area contributed by atoms with Crippen LogP contribution < -0.4 is 10.1 Å². The van der Waals surface area contributed by atoms with Crippen molar-refractivity contribution in [3.63, 3.8) is 0 Å². The molecular weight excluding hydrogens is 373 g/mol. The van der Waals surface area contributed by atoms with Gasteiger partial charge < -0.3 is 15.2 Å². The van der Waals surface area contributed by atoms with Gasteiger partial charge in [-0.25, -0.2) is 4.39 Å². The highest BCUT2D eigenvalue weighted by atomic mass is 35.5. The molecule has 1 aliphatic rings. The summed E-state index contributed by atoms with van der Waals surface area (Å²) in [6, 6.07) is 8.02. The molecule has 0 fully saturated rings. The predicted molar refractivity (Wildman–Crippen MR) is 98.8 cm³/mol. The molecule has 0 saturated heterocycles. The van der Waals surface area contributed by atoms with Gasteiger partial charge in [0.1, 0.15) is 17.5 Å². The third-order valence-corrected chi connectivity index (χ3v) is 4.93. The Morgan fingerprint density at radius 1 is 1.26 bits per heavy atom. The number of nitrogens with one attached hydrogen (secondary N) is 1. The van der Waals surface area contributed by atoms with E-state index in [1.165, 1.54) is 25.1 Å². The molecule has 2 atom stereocenters. The third kappa shape index (κ3) is 3.55. The predicted octanol–water partition coefficient (Wildman–Crippen LogP) is 3.68. The van der Waals surface area contributed by atoms with Gasteiger partial charge in [-0.1, -0.05) is 17.7 Å². The molecule has 0 spiro atoms. The van der Waals surface area contributed by atoms with Crippen molar-refractivity contribution in [2.24, 2.45) is 0 Å². The zero-order valence-electron chi connectivity index (χ0n) is 15.0. The molecule has 0 aliphatic carbocycles. The van der Waals surface area contributed by atoms with Crippen LogP contribution in [0, 0.1) is 5.82 Å². The van der Waals surface area contributed by atoms with E-state index in [0.717, 1.165) is 0 Å². The number of amides is 1. The number of fused-ring (bicyclic) bond motifs is 1. The second kappa shape index (κ2) is 6.94. The third-order valence-electron chi connectivity index (χ3n) is 4.64. The molecule has 2 aromatic rings. The molecule has 2 aromatic carbocycles. The highest BCUT2D eigenvalue weighted by molar-refractivity contribution is 6.31. The van der Waals surface area contributed by atoms with Gasteiger partial charge in [0.25, 0.3) is 5.91 Å². The van der Waals surface area contributed by atoms with Crippen molar-refractivity contribution >= 4 is 23.3 Å². The summed E-state index contributed by atoms with van der Waals surface area (Å²) < 4.78 is 20.0. The van der Waals surface area contributed by atoms with Crippen molar-refractivity contribution in [3.8, 4) is 5.75 Å². The van der Waals surface area contributed by atoms with Gasteiger partial charge in [0, 0.05) is 11.1 Å². The first-order valence-electron chi connectivity index (χ1n) is 8.38. The maximum atomic E-state index is 14.2. The van der Waals surface area contributed by atoms with Crippen molar-refractivity contribution in [3.05, 3.63) is 63.9 Å². The van der Waals surface area contributed by atoms with Crippen molar-refractivity contribution < 1.29 is 23.8 Å². The number of ketones is 1. The molecule has 5 nitrogen and oxygen atoms in total. The van der Waals surface area contributed by atoms with E-state index in [0.29, 0.717) is 16.9 Å². The molecule has 1 aliphatic heterocycles. The van der Waals surface area contributed by atoms with E-state index in [1.54, 1.807) is 32.0 Å². The van der Waals surface area contributed by atoms with Gasteiger partial charge in [-0.05, 0) is 51.1 Å². The van der Waals surface area contributed by atoms with Gasteiger partial charge in [-0.3, -0.25) is 9.59 Å². The van der Waals surface area contributed by atoms with Crippen LogP contribution in [0.1, 0.15) is 53.1 Å². The highest BCUT2D eigenvalue weighted by Crippen LogP contribution is 2.40. The lowest BCUT2D eigenvalue weighted by atomic mass is 9.85. The maximum absolute atomic E-state index is 14.2. The number of ether oxygens (including phenoxy) is 1. The monoisotopic (exact) mass is 391 g/mol. The maximum Gasteiger partial charge on any atom is 0.254 e. The van der Waals surface area contributed by atoms with Crippen LogP contribution >= 0.6 is 11.6 Å². The molecule has 7 heteroatoms. The lowest BCUT2D eigenvalue weighted by Crippen LogP contribution is -2.53. The van der Waals surface area contributed by atoms with Crippen molar-refractivity contribution in [2.75, 3.05) is 0 Å². The summed E-state index contributed by atoms with van der Waals surface area (Å²) in [7, 11) is 0. The fourth-order valence-electron chi connectivity index (χ4n) is 3.07. The van der Waals surface area contributed by atoms with E-state index in [1.807, 2.05) is 0 Å². The number of aliphatic hydroxyl groups excluding tert-OH is 1. The number of carbonyl (C=O) groups excluding carboxylic acids is 2. The van der Waals surface area contributed by atoms with E-state index < -0.39 is 29.5 Å². The Balaban J connectivity index is 2.03. The van der Waals surface area contributed by atoms with E-state index >= 15 is 0 Å². The Morgan fingerprint density at radius 2 is 1.96 bits per heavy atom. The molecule has 0 aromatic heterocycles. The molecule has 27 heavy (non-hydrogen) atoms. The highest BCUT2D eigenvalue weighted by Gasteiger charge is 2.44. The van der Waals surface area contributed by atoms with Crippen molar-refractivity contribution in [1.29, 1.82) is 0 Å². The number of benzene rings is 2. The number of halogens is 2. The molecular formula is C20H19ClFNO4. The fraction of sp³-hybridized carbons (Fsp3) is 0.300. The molecule has 1 amide bonds. The fourth-order valence-corrected chi connectivity index (χ4v) is 3.25. The van der Waals surface area contributed by atoms with Crippen molar-refractivity contribution in [1.82, 2.24) is 5.32 Å². The van der Waals surface area contributed by atoms with Crippen molar-refractivity contribution in [2.45, 2.75) is 38.5 Å². The smallest absolute Gasteiger partial charge is 0.254 e. The lowest BCUT2D eigenvalue weighted by molar-refractivity contribution is -0.0627. The van der Waals surface area contributed by atoms with Crippen LogP contribution in [0.2, 0.25) is 5.02 Å². The van der Waals surface area contributed by atoms with Gasteiger partial charge in [0.15, 0.2) is 11.6 Å². The molecule has 142 valence electrons. The molecule has 0 saturated carbocycles. The van der Waals surface area contributed by atoms with Crippen LogP contribution in [-0.2, 0) is 0 Å². The number of carbonyl (C=O) groups is 2. The SMILES string of the molecule is CC(=O)c1ccc2c(c1)[C@H](NC(=O)c1cccc(Cl)c1F)[C@@H](O)C(C)(C)O2. The number of aliphatic hydroxyl groups is 1. The molecule has 1 heterocycles. The molecule has 0 unspecified atom stereocenters. The van der Waals surface area contributed by atoms with Gasteiger partial charge in [0.05, 0.1) is 16.6 Å². The van der Waals surface area contributed by atoms with Gasteiger partial charge in [-0.2, -0.15) is 0 Å². The van der Waals surface area contributed by atoms with Crippen LogP contribution in [0.3, 0.4) is 0 Å². The number of Topliss-reactive ketones (excluding diaryl/α,β-unsaturated/α-hetero) is 1. The Labute approximate surface area is 161 Å². The van der Waals surface area contributed by atoms with E-state index in [9.17, 15) is 19.1 Å². The summed E-state index contributed by atoms with van der Waals surface area (Å²) >= 11 is 5.75. The number of rotatable bonds is 3. The Morgan fingerprint density at radius 3 is 2.63 bits per heavy atom. The second-order valence-electron chi connectivity index (χ2n) is 7.01. The molecule has 3 rings (SSSR count). The van der Waals surface area contributed by atoms with E-state index in [4.69, 9.17) is 16.3 Å². The summed E-state index contributed by atoms with van der Waals surface area (Å²) in [5.74, 6) is -1.29. The zero-order chi connectivity index (χ0) is 19.9. The normalized spacial score (nSPS) is 20.4. The first-order valence-corrected chi connectivity index (χ1v) is 8.76. The molecule has 2 N–H and O–H groups in total. The van der Waals surface area contributed by atoms with Gasteiger partial charge >= 0.3 is 0 Å². The first-order chi connectivity index (χ1) is 12.6. The standard InChI is InChI=1S/C20H19ClFNO4/c1-10(24)11-7-8-15-13(9-11)17(18(25)20(2,3)27-15)23-19(26)12-5-4-6-14(21)16(12)22/h4-9,17-18,25H,1-3H3,(H,23,26)/t17-,18+/m0/s1. The minimum Gasteiger partial charge on any atom is -0.485 e. The Kier molecular flexibility index (Phi) is 4.97. The van der Waals surface area contributed by atoms with Gasteiger partial charge in [0.2, 0.25) is 0 Å². The summed E-state index contributed by atoms with van der Waals surface area (Å²) in [5.41, 5.74) is -0.374. The minimum absolute atomic E-state index is 0.164. The van der Waals surface area contributed by atoms with Crippen LogP contribution in [0.25, 0.3) is 0 Å². The van der Waals surface area contributed by atoms with Gasteiger partial charge in [-0.15, -0.1) is 0 Å². The average Bonchev–Trinajstić information content (AvgIpc) is 2.60. The summed E-state index contributed by atoms with van der Waals surface area (Å²) in [6.45, 7) is 4.78. The Hall–Kier alpha value is -2.44. The summed E-state index contributed by atoms with van der Waals surface area (Å²) in [6.07, 6.45) is -1.13. The zero-order valence-corrected chi connectivity index (χ0v) is 15.8. The van der Waals surface area contributed by atoms with Crippen LogP contribution in [0.5, 0.6) is 5.75 Å². The van der Waals surface area contributed by atoms with E-state index in [-0.39, 0.29) is 16.4 Å². The topological polar surface area (TPSA) is 75.6 Å². The lowest BCUT2D eigenvalue weighted by Gasteiger charge is -2.42. The molecule has 0 bridgehead atoms. The summed E-state index contributed by atoms with van der Waals surface area (Å²) in [4.78, 5) is 24.4.